The quantitative estimate of drug-likeness (QED) is 0.178. The van der Waals surface area contributed by atoms with Gasteiger partial charge >= 0.3 is 11.9 Å². The minimum Gasteiger partial charge on any atom is -0.504 e. The zero-order chi connectivity index (χ0) is 25.3. The monoisotopic (exact) mass is 484 g/mol. The highest BCUT2D eigenvalue weighted by atomic mass is 16.7. The van der Waals surface area contributed by atoms with Crippen LogP contribution in [0.4, 0.5) is 0 Å². The molecule has 2 aromatic carbocycles. The molecular weight excluding hydrogens is 464 g/mol. The molecule has 1 saturated heterocycles. The van der Waals surface area contributed by atoms with Gasteiger partial charge in [-0.1, -0.05) is 0 Å². The minimum atomic E-state index is -1.99. The van der Waals surface area contributed by atoms with Crippen molar-refractivity contribution in [2.45, 2.75) is 30.7 Å². The molecule has 0 aromatic heterocycles. The van der Waals surface area contributed by atoms with Gasteiger partial charge < -0.3 is 60.2 Å². The number of hydrogen-bond acceptors (Lipinski definition) is 14. The molecule has 34 heavy (non-hydrogen) atoms. The summed E-state index contributed by atoms with van der Waals surface area (Å²) < 4.78 is 14.8. The summed E-state index contributed by atoms with van der Waals surface area (Å²) in [5.74, 6) is -7.48. The molecule has 14 nitrogen and oxygen atoms in total. The van der Waals surface area contributed by atoms with Gasteiger partial charge in [0.15, 0.2) is 46.9 Å². The van der Waals surface area contributed by atoms with Crippen molar-refractivity contribution in [3.8, 4) is 34.5 Å². The van der Waals surface area contributed by atoms with E-state index in [4.69, 9.17) is 14.2 Å². The molecule has 0 bridgehead atoms. The number of phenolic OH excluding ortho intramolecular Hbond substituents is 6. The first-order valence-electron chi connectivity index (χ1n) is 9.48. The van der Waals surface area contributed by atoms with Gasteiger partial charge in [0.1, 0.15) is 24.9 Å². The average molecular weight is 484 g/mol. The second kappa shape index (κ2) is 9.48. The van der Waals surface area contributed by atoms with Gasteiger partial charge in [0.25, 0.3) is 0 Å². The number of aliphatic hydroxyl groups excluding tert-OH is 3. The molecule has 0 amide bonds. The van der Waals surface area contributed by atoms with Crippen molar-refractivity contribution >= 4 is 11.9 Å². The van der Waals surface area contributed by atoms with Crippen LogP contribution in [0.2, 0.25) is 0 Å². The molecule has 184 valence electrons. The molecule has 5 atom stereocenters. The number of carbonyl (C=O) groups is 2. The van der Waals surface area contributed by atoms with Crippen molar-refractivity contribution in [2.24, 2.45) is 0 Å². The maximum absolute atomic E-state index is 12.4. The van der Waals surface area contributed by atoms with Crippen LogP contribution in [0.25, 0.3) is 0 Å². The van der Waals surface area contributed by atoms with E-state index in [-0.39, 0.29) is 5.56 Å². The topological polar surface area (TPSA) is 244 Å². The van der Waals surface area contributed by atoms with Crippen LogP contribution in [0.1, 0.15) is 20.7 Å². The summed E-state index contributed by atoms with van der Waals surface area (Å²) in [5.41, 5.74) is -0.850. The number of hydrogen-bond donors (Lipinski definition) is 9. The summed E-state index contributed by atoms with van der Waals surface area (Å²) in [4.78, 5) is 24.5. The van der Waals surface area contributed by atoms with Crippen molar-refractivity contribution in [3.05, 3.63) is 35.4 Å². The van der Waals surface area contributed by atoms with Crippen LogP contribution in [0.15, 0.2) is 24.3 Å². The number of aliphatic hydroxyl groups is 3. The van der Waals surface area contributed by atoms with Crippen molar-refractivity contribution in [3.63, 3.8) is 0 Å². The Bertz CT molecular complexity index is 1050. The second-order valence-corrected chi connectivity index (χ2v) is 7.24. The molecule has 14 heteroatoms. The fourth-order valence-corrected chi connectivity index (χ4v) is 3.07. The lowest BCUT2D eigenvalue weighted by Gasteiger charge is -2.39. The Morgan fingerprint density at radius 2 is 1.18 bits per heavy atom. The van der Waals surface area contributed by atoms with Crippen LogP contribution in [-0.4, -0.2) is 95.2 Å². The Morgan fingerprint density at radius 1 is 0.735 bits per heavy atom. The highest BCUT2D eigenvalue weighted by Crippen LogP contribution is 2.37. The third-order valence-electron chi connectivity index (χ3n) is 4.89. The normalized spacial score (nSPS) is 24.4. The molecule has 0 radical (unpaired) electrons. The molecular formula is C20H20O14. The van der Waals surface area contributed by atoms with E-state index in [0.717, 1.165) is 24.3 Å². The Hall–Kier alpha value is -3.98. The van der Waals surface area contributed by atoms with E-state index in [2.05, 4.69) is 0 Å². The molecule has 1 heterocycles. The SMILES string of the molecule is O=C(OC[C@H]1O[C@@H](O)[C@@H](O)[C@H](OC(=O)c2cc(O)c(O)c(O)c2)[C@H]1O)c1cc(O)c(O)c(O)c1. The molecule has 0 aliphatic carbocycles. The molecule has 1 fully saturated rings. The zero-order valence-corrected chi connectivity index (χ0v) is 17.0. The fourth-order valence-electron chi connectivity index (χ4n) is 3.07. The van der Waals surface area contributed by atoms with Gasteiger partial charge in [-0.25, -0.2) is 9.59 Å². The van der Waals surface area contributed by atoms with Gasteiger partial charge in [-0.2, -0.15) is 0 Å². The highest BCUT2D eigenvalue weighted by molar-refractivity contribution is 5.91. The van der Waals surface area contributed by atoms with Crippen molar-refractivity contribution in [1.29, 1.82) is 0 Å². The molecule has 3 rings (SSSR count). The van der Waals surface area contributed by atoms with E-state index in [1.165, 1.54) is 0 Å². The third kappa shape index (κ3) is 4.84. The number of ether oxygens (including phenoxy) is 3. The summed E-state index contributed by atoms with van der Waals surface area (Å²) in [5, 5.41) is 87.1. The summed E-state index contributed by atoms with van der Waals surface area (Å²) in [6, 6.07) is 3.07. The Balaban J connectivity index is 1.71. The van der Waals surface area contributed by atoms with Crippen LogP contribution in [0.5, 0.6) is 34.5 Å². The first-order valence-corrected chi connectivity index (χ1v) is 9.48. The predicted molar refractivity (Wildman–Crippen MR) is 105 cm³/mol. The maximum Gasteiger partial charge on any atom is 0.338 e. The van der Waals surface area contributed by atoms with Gasteiger partial charge in [-0.15, -0.1) is 0 Å². The summed E-state index contributed by atoms with van der Waals surface area (Å²) >= 11 is 0. The van der Waals surface area contributed by atoms with Crippen LogP contribution in [-0.2, 0) is 14.2 Å². The Labute approximate surface area is 189 Å². The second-order valence-electron chi connectivity index (χ2n) is 7.24. The number of benzene rings is 2. The first kappa shape index (κ1) is 24.7. The van der Waals surface area contributed by atoms with E-state index in [1.807, 2.05) is 0 Å². The number of phenols is 6. The van der Waals surface area contributed by atoms with E-state index >= 15 is 0 Å². The average Bonchev–Trinajstić information content (AvgIpc) is 2.79. The van der Waals surface area contributed by atoms with E-state index in [1.54, 1.807) is 0 Å². The van der Waals surface area contributed by atoms with Gasteiger partial charge in [-0.3, -0.25) is 0 Å². The Morgan fingerprint density at radius 3 is 1.65 bits per heavy atom. The minimum absolute atomic E-state index is 0.381. The van der Waals surface area contributed by atoms with E-state index < -0.39 is 89.3 Å². The van der Waals surface area contributed by atoms with E-state index in [9.17, 15) is 55.5 Å². The molecule has 1 aliphatic heterocycles. The molecule has 0 saturated carbocycles. The molecule has 2 aromatic rings. The number of carbonyl (C=O) groups excluding carboxylic acids is 2. The third-order valence-corrected chi connectivity index (χ3v) is 4.89. The lowest BCUT2D eigenvalue weighted by molar-refractivity contribution is -0.285. The molecule has 9 N–H and O–H groups in total. The lowest BCUT2D eigenvalue weighted by atomic mass is 9.99. The van der Waals surface area contributed by atoms with Crippen molar-refractivity contribution in [2.75, 3.05) is 6.61 Å². The standard InChI is InChI=1S/C20H20O14/c21-8-1-6(2-9(22)13(8)25)18(29)32-5-12-15(27)17(16(28)20(31)33-12)34-19(30)7-3-10(23)14(26)11(24)4-7/h1-4,12,15-17,20-28,31H,5H2/t12-,15+,16+,17-,20-/m1/s1. The Kier molecular flexibility index (Phi) is 6.88. The maximum atomic E-state index is 12.4. The lowest BCUT2D eigenvalue weighted by Crippen LogP contribution is -2.60. The molecule has 1 aliphatic rings. The van der Waals surface area contributed by atoms with Crippen LogP contribution < -0.4 is 0 Å². The first-order chi connectivity index (χ1) is 15.9. The van der Waals surface area contributed by atoms with Gasteiger partial charge in [-0.05, 0) is 24.3 Å². The number of aromatic hydroxyl groups is 6. The van der Waals surface area contributed by atoms with Crippen LogP contribution in [0.3, 0.4) is 0 Å². The fraction of sp³-hybridized carbons (Fsp3) is 0.300. The highest BCUT2D eigenvalue weighted by Gasteiger charge is 2.47. The van der Waals surface area contributed by atoms with Crippen molar-refractivity contribution < 1.29 is 69.8 Å². The van der Waals surface area contributed by atoms with Crippen LogP contribution in [0, 0.1) is 0 Å². The molecule has 0 unspecified atom stereocenters. The predicted octanol–water partition coefficient (Wildman–Crippen LogP) is -1.26. The number of rotatable bonds is 5. The zero-order valence-electron chi connectivity index (χ0n) is 17.0. The van der Waals surface area contributed by atoms with Gasteiger partial charge in [0, 0.05) is 0 Å². The van der Waals surface area contributed by atoms with Gasteiger partial charge in [0.2, 0.25) is 0 Å². The summed E-state index contributed by atoms with van der Waals surface area (Å²) in [7, 11) is 0. The van der Waals surface area contributed by atoms with Crippen molar-refractivity contribution in [1.82, 2.24) is 0 Å². The summed E-state index contributed by atoms with van der Waals surface area (Å²) in [6.45, 7) is -0.749. The largest absolute Gasteiger partial charge is 0.504 e. The van der Waals surface area contributed by atoms with Crippen LogP contribution >= 0.6 is 0 Å². The van der Waals surface area contributed by atoms with E-state index in [0.29, 0.717) is 0 Å². The van der Waals surface area contributed by atoms with Gasteiger partial charge in [0.05, 0.1) is 11.1 Å². The molecule has 0 spiro atoms. The number of esters is 2. The smallest absolute Gasteiger partial charge is 0.338 e. The summed E-state index contributed by atoms with van der Waals surface area (Å²) in [6.07, 6.45) is -9.14.